The lowest BCUT2D eigenvalue weighted by atomic mass is 10.3. The van der Waals surface area contributed by atoms with Crippen molar-refractivity contribution in [3.63, 3.8) is 0 Å². The average Bonchev–Trinajstić information content (AvgIpc) is 2.74. The smallest absolute Gasteiger partial charge is 0.273 e. The van der Waals surface area contributed by atoms with Crippen LogP contribution in [0.15, 0.2) is 58.4 Å². The zero-order valence-electron chi connectivity index (χ0n) is 15.6. The lowest BCUT2D eigenvalue weighted by Crippen LogP contribution is -2.44. The molecule has 0 amide bonds. The van der Waals surface area contributed by atoms with Gasteiger partial charge in [-0.25, -0.2) is 0 Å². The first-order valence-corrected chi connectivity index (χ1v) is 9.63. The van der Waals surface area contributed by atoms with Gasteiger partial charge < -0.3 is 19.9 Å². The zero-order chi connectivity index (χ0) is 20.2. The normalized spacial score (nSPS) is 14.0. The van der Waals surface area contributed by atoms with E-state index in [1.54, 1.807) is 24.3 Å². The first-order chi connectivity index (χ1) is 14.1. The molecule has 0 bridgehead atoms. The molecule has 4 heterocycles. The molecule has 0 spiro atoms. The standard InChI is InChI=1S/C20H20ClN5O3/c21-14-1-2-15(23-12-14)13-29-16-5-8-26(19(27)11-16)17-3-4-18(24-20(17)28)25-9-6-22-7-10-25/h1-5,8,11-12,22H,6-7,9-10,13H2,(H,24,28). The Hall–Kier alpha value is -3.10. The fourth-order valence-electron chi connectivity index (χ4n) is 3.13. The van der Waals surface area contributed by atoms with Gasteiger partial charge in [-0.05, 0) is 30.3 Å². The summed E-state index contributed by atoms with van der Waals surface area (Å²) in [5, 5.41) is 3.82. The van der Waals surface area contributed by atoms with E-state index in [2.05, 4.69) is 20.2 Å². The topological polar surface area (TPSA) is 92.2 Å². The molecule has 150 valence electrons. The predicted molar refractivity (Wildman–Crippen MR) is 111 cm³/mol. The highest BCUT2D eigenvalue weighted by molar-refractivity contribution is 6.30. The van der Waals surface area contributed by atoms with Crippen LogP contribution in [-0.4, -0.2) is 40.7 Å². The minimum absolute atomic E-state index is 0.209. The van der Waals surface area contributed by atoms with Gasteiger partial charge in [0.2, 0.25) is 0 Å². The summed E-state index contributed by atoms with van der Waals surface area (Å²) in [7, 11) is 0. The molecule has 3 aromatic heterocycles. The van der Waals surface area contributed by atoms with Gasteiger partial charge in [0.15, 0.2) is 0 Å². The molecule has 0 aromatic carbocycles. The second-order valence-electron chi connectivity index (χ2n) is 6.62. The van der Waals surface area contributed by atoms with Crippen LogP contribution in [0.1, 0.15) is 5.69 Å². The third-order valence-electron chi connectivity index (χ3n) is 4.66. The summed E-state index contributed by atoms with van der Waals surface area (Å²) in [5.41, 5.74) is 0.285. The summed E-state index contributed by atoms with van der Waals surface area (Å²) in [5.74, 6) is 1.15. The third kappa shape index (κ3) is 4.49. The number of piperazine rings is 1. The Morgan fingerprint density at radius 1 is 1.10 bits per heavy atom. The summed E-state index contributed by atoms with van der Waals surface area (Å²) < 4.78 is 6.91. The molecule has 29 heavy (non-hydrogen) atoms. The van der Waals surface area contributed by atoms with Crippen molar-refractivity contribution in [1.82, 2.24) is 19.9 Å². The largest absolute Gasteiger partial charge is 0.487 e. The zero-order valence-corrected chi connectivity index (χ0v) is 16.4. The van der Waals surface area contributed by atoms with Crippen LogP contribution in [0.5, 0.6) is 5.75 Å². The highest BCUT2D eigenvalue weighted by Crippen LogP contribution is 2.13. The summed E-state index contributed by atoms with van der Waals surface area (Å²) in [6, 6.07) is 9.95. The monoisotopic (exact) mass is 413 g/mol. The average molecular weight is 414 g/mol. The van der Waals surface area contributed by atoms with Crippen molar-refractivity contribution in [3.8, 4) is 11.4 Å². The van der Waals surface area contributed by atoms with Gasteiger partial charge in [-0.1, -0.05) is 11.6 Å². The highest BCUT2D eigenvalue weighted by Gasteiger charge is 2.13. The van der Waals surface area contributed by atoms with Gasteiger partial charge in [-0.3, -0.25) is 19.1 Å². The first-order valence-electron chi connectivity index (χ1n) is 9.25. The van der Waals surface area contributed by atoms with Gasteiger partial charge in [-0.15, -0.1) is 0 Å². The van der Waals surface area contributed by atoms with E-state index in [4.69, 9.17) is 16.3 Å². The Kier molecular flexibility index (Phi) is 5.64. The molecule has 3 aromatic rings. The predicted octanol–water partition coefficient (Wildman–Crippen LogP) is 1.56. The van der Waals surface area contributed by atoms with E-state index in [9.17, 15) is 9.59 Å². The molecule has 0 unspecified atom stereocenters. The quantitative estimate of drug-likeness (QED) is 0.659. The minimum Gasteiger partial charge on any atom is -0.487 e. The van der Waals surface area contributed by atoms with Crippen LogP contribution >= 0.6 is 11.6 Å². The highest BCUT2D eigenvalue weighted by atomic mass is 35.5. The Balaban J connectivity index is 1.51. The van der Waals surface area contributed by atoms with E-state index in [0.717, 1.165) is 32.0 Å². The number of ether oxygens (including phenoxy) is 1. The molecule has 1 saturated heterocycles. The van der Waals surface area contributed by atoms with Gasteiger partial charge in [0.1, 0.15) is 23.9 Å². The van der Waals surface area contributed by atoms with Crippen molar-refractivity contribution in [3.05, 3.63) is 80.2 Å². The molecule has 0 saturated carbocycles. The van der Waals surface area contributed by atoms with Crippen molar-refractivity contribution in [1.29, 1.82) is 0 Å². The van der Waals surface area contributed by atoms with Crippen LogP contribution in [0.4, 0.5) is 5.82 Å². The molecule has 2 N–H and O–H groups in total. The van der Waals surface area contributed by atoms with Crippen molar-refractivity contribution in [2.75, 3.05) is 31.1 Å². The van der Waals surface area contributed by atoms with Crippen molar-refractivity contribution in [2.45, 2.75) is 6.61 Å². The summed E-state index contributed by atoms with van der Waals surface area (Å²) in [6.45, 7) is 3.60. The van der Waals surface area contributed by atoms with Crippen molar-refractivity contribution in [2.24, 2.45) is 0 Å². The Bertz CT molecular complexity index is 1100. The van der Waals surface area contributed by atoms with Gasteiger partial charge in [0.05, 0.1) is 10.7 Å². The number of pyridine rings is 3. The SMILES string of the molecule is O=c1[nH]c(N2CCNCC2)ccc1-n1ccc(OCc2ccc(Cl)cn2)cc1=O. The van der Waals surface area contributed by atoms with Crippen LogP contribution in [0.2, 0.25) is 5.02 Å². The van der Waals surface area contributed by atoms with E-state index in [1.807, 2.05) is 6.07 Å². The molecule has 0 radical (unpaired) electrons. The van der Waals surface area contributed by atoms with E-state index in [-0.39, 0.29) is 23.4 Å². The number of aromatic amines is 1. The van der Waals surface area contributed by atoms with Gasteiger partial charge in [0, 0.05) is 44.6 Å². The molecule has 1 fully saturated rings. The minimum atomic E-state index is -0.355. The van der Waals surface area contributed by atoms with E-state index in [1.165, 1.54) is 23.0 Å². The lowest BCUT2D eigenvalue weighted by molar-refractivity contribution is 0.300. The van der Waals surface area contributed by atoms with Crippen molar-refractivity contribution >= 4 is 17.4 Å². The number of hydrogen-bond donors (Lipinski definition) is 2. The summed E-state index contributed by atoms with van der Waals surface area (Å²) in [6.07, 6.45) is 3.07. The number of H-pyrrole nitrogens is 1. The molecule has 1 aliphatic rings. The number of rotatable bonds is 5. The maximum Gasteiger partial charge on any atom is 0.273 e. The maximum atomic E-state index is 12.6. The molecule has 0 atom stereocenters. The number of nitrogens with one attached hydrogen (secondary N) is 2. The van der Waals surface area contributed by atoms with E-state index < -0.39 is 0 Å². The second-order valence-corrected chi connectivity index (χ2v) is 7.06. The van der Waals surface area contributed by atoms with Gasteiger partial charge in [-0.2, -0.15) is 0 Å². The third-order valence-corrected chi connectivity index (χ3v) is 4.88. The Morgan fingerprint density at radius 3 is 2.62 bits per heavy atom. The maximum absolute atomic E-state index is 12.6. The van der Waals surface area contributed by atoms with Crippen molar-refractivity contribution < 1.29 is 4.74 Å². The number of aromatic nitrogens is 3. The number of nitrogens with zero attached hydrogens (tertiary/aromatic N) is 3. The first kappa shape index (κ1) is 19.2. The van der Waals surface area contributed by atoms with Gasteiger partial charge >= 0.3 is 0 Å². The fraction of sp³-hybridized carbons (Fsp3) is 0.250. The fourth-order valence-corrected chi connectivity index (χ4v) is 3.25. The van der Waals surface area contributed by atoms with Gasteiger partial charge in [0.25, 0.3) is 11.1 Å². The summed E-state index contributed by atoms with van der Waals surface area (Å²) in [4.78, 5) is 34.2. The van der Waals surface area contributed by atoms with E-state index >= 15 is 0 Å². The second kappa shape index (κ2) is 8.50. The Labute approximate surface area is 171 Å². The molecule has 4 rings (SSSR count). The lowest BCUT2D eigenvalue weighted by Gasteiger charge is -2.28. The van der Waals surface area contributed by atoms with Crippen LogP contribution < -0.4 is 26.1 Å². The molecular weight excluding hydrogens is 394 g/mol. The van der Waals surface area contributed by atoms with Crippen LogP contribution in [-0.2, 0) is 6.61 Å². The van der Waals surface area contributed by atoms with Crippen LogP contribution in [0.25, 0.3) is 5.69 Å². The number of anilines is 1. The number of halogens is 1. The molecule has 9 heteroatoms. The number of hydrogen-bond acceptors (Lipinski definition) is 6. The van der Waals surface area contributed by atoms with E-state index in [0.29, 0.717) is 16.5 Å². The summed E-state index contributed by atoms with van der Waals surface area (Å²) >= 11 is 5.81. The molecular formula is C20H20ClN5O3. The Morgan fingerprint density at radius 2 is 1.93 bits per heavy atom. The van der Waals surface area contributed by atoms with Crippen LogP contribution in [0.3, 0.4) is 0 Å². The molecule has 1 aliphatic heterocycles. The van der Waals surface area contributed by atoms with Crippen LogP contribution in [0, 0.1) is 0 Å². The molecule has 8 nitrogen and oxygen atoms in total. The molecule has 0 aliphatic carbocycles.